The molecule has 2 N–H and O–H groups in total. The number of carbonyl (C=O) groups is 1. The van der Waals surface area contributed by atoms with E-state index in [1.807, 2.05) is 20.2 Å². The quantitative estimate of drug-likeness (QED) is 0.841. The zero-order valence-electron chi connectivity index (χ0n) is 13.0. The van der Waals surface area contributed by atoms with Gasteiger partial charge in [0.05, 0.1) is 26.0 Å². The Labute approximate surface area is 142 Å². The molecule has 2 rings (SSSR count). The van der Waals surface area contributed by atoms with Crippen LogP contribution in [0.3, 0.4) is 0 Å². The van der Waals surface area contributed by atoms with Crippen molar-refractivity contribution < 1.29 is 14.3 Å². The third-order valence-electron chi connectivity index (χ3n) is 3.57. The van der Waals surface area contributed by atoms with Crippen LogP contribution in [0.4, 0.5) is 0 Å². The molecule has 1 amide bonds. The van der Waals surface area contributed by atoms with Crippen LogP contribution in [0.25, 0.3) is 0 Å². The summed E-state index contributed by atoms with van der Waals surface area (Å²) >= 11 is 0. The number of methoxy groups -OCH3 is 1. The highest BCUT2D eigenvalue weighted by atomic mass is 35.5. The molecular formula is C13H24Cl2N4O3. The molecule has 2 atom stereocenters. The van der Waals surface area contributed by atoms with Gasteiger partial charge in [0, 0.05) is 32.5 Å². The maximum atomic E-state index is 12.3. The first kappa shape index (κ1) is 21.1. The third kappa shape index (κ3) is 4.57. The molecule has 7 nitrogen and oxygen atoms in total. The molecule has 0 aliphatic carbocycles. The van der Waals surface area contributed by atoms with Crippen molar-refractivity contribution in [3.63, 3.8) is 0 Å². The monoisotopic (exact) mass is 354 g/mol. The number of hydrogen-bond donors (Lipinski definition) is 1. The van der Waals surface area contributed by atoms with E-state index in [0.717, 1.165) is 5.56 Å². The van der Waals surface area contributed by atoms with E-state index in [9.17, 15) is 4.79 Å². The maximum absolute atomic E-state index is 12.3. The van der Waals surface area contributed by atoms with Gasteiger partial charge in [0.1, 0.15) is 11.6 Å². The first-order chi connectivity index (χ1) is 9.46. The van der Waals surface area contributed by atoms with Crippen LogP contribution < -0.4 is 5.73 Å². The number of nitrogens with zero attached hydrogens (tertiary/aromatic N) is 3. The fourth-order valence-corrected chi connectivity index (χ4v) is 2.41. The summed E-state index contributed by atoms with van der Waals surface area (Å²) in [4.78, 5) is 14.0. The van der Waals surface area contributed by atoms with E-state index in [-0.39, 0.29) is 37.3 Å². The molecule has 1 aliphatic heterocycles. The van der Waals surface area contributed by atoms with Crippen molar-refractivity contribution in [3.8, 4) is 0 Å². The Kier molecular flexibility index (Phi) is 8.35. The molecule has 0 saturated carbocycles. The topological polar surface area (TPSA) is 82.6 Å². The van der Waals surface area contributed by atoms with Crippen LogP contribution in [-0.4, -0.2) is 60.0 Å². The molecule has 22 heavy (non-hydrogen) atoms. The number of carbonyl (C=O) groups excluding carboxylic acids is 1. The highest BCUT2D eigenvalue weighted by Crippen LogP contribution is 2.29. The largest absolute Gasteiger partial charge is 0.383 e. The molecule has 0 spiro atoms. The lowest BCUT2D eigenvalue weighted by molar-refractivity contribution is -0.151. The van der Waals surface area contributed by atoms with Gasteiger partial charge >= 0.3 is 0 Å². The second kappa shape index (κ2) is 8.69. The molecule has 1 fully saturated rings. The zero-order valence-corrected chi connectivity index (χ0v) is 14.7. The minimum absolute atomic E-state index is 0. The number of amides is 1. The van der Waals surface area contributed by atoms with E-state index in [1.165, 1.54) is 7.11 Å². The smallest absolute Gasteiger partial charge is 0.242 e. The summed E-state index contributed by atoms with van der Waals surface area (Å²) in [7, 11) is 3.39. The van der Waals surface area contributed by atoms with Crippen molar-refractivity contribution in [3.05, 3.63) is 18.0 Å². The van der Waals surface area contributed by atoms with Crippen LogP contribution in [0, 0.1) is 0 Å². The normalized spacial score (nSPS) is 22.5. The van der Waals surface area contributed by atoms with Gasteiger partial charge in [-0.25, -0.2) is 0 Å². The average Bonchev–Trinajstić information content (AvgIpc) is 2.86. The molecule has 2 unspecified atom stereocenters. The van der Waals surface area contributed by atoms with Crippen LogP contribution in [0.15, 0.2) is 12.4 Å². The lowest BCUT2D eigenvalue weighted by Gasteiger charge is -2.40. The molecule has 2 heterocycles. The van der Waals surface area contributed by atoms with E-state index in [2.05, 4.69) is 5.10 Å². The Hall–Kier alpha value is -0.860. The Morgan fingerprint density at radius 1 is 1.59 bits per heavy atom. The lowest BCUT2D eigenvalue weighted by atomic mass is 9.96. The molecule has 0 aromatic carbocycles. The number of rotatable bonds is 4. The molecule has 0 radical (unpaired) electrons. The summed E-state index contributed by atoms with van der Waals surface area (Å²) in [6, 6.07) is -0.628. The fourth-order valence-electron chi connectivity index (χ4n) is 2.41. The highest BCUT2D eigenvalue weighted by Gasteiger charge is 2.37. The van der Waals surface area contributed by atoms with Gasteiger partial charge in [0.25, 0.3) is 0 Å². The van der Waals surface area contributed by atoms with Gasteiger partial charge in [-0.05, 0) is 6.92 Å². The molecular weight excluding hydrogens is 331 g/mol. The van der Waals surface area contributed by atoms with E-state index in [4.69, 9.17) is 15.2 Å². The van der Waals surface area contributed by atoms with Gasteiger partial charge in [-0.15, -0.1) is 24.8 Å². The molecule has 1 aromatic rings. The van der Waals surface area contributed by atoms with Crippen LogP contribution >= 0.6 is 24.8 Å². The van der Waals surface area contributed by atoms with E-state index >= 15 is 0 Å². The SMILES string of the molecule is COCC(N)C(=O)N1CCOC(C)(c2cnn(C)c2)C1.Cl.Cl. The molecule has 0 bridgehead atoms. The van der Waals surface area contributed by atoms with Gasteiger partial charge in [-0.2, -0.15) is 5.10 Å². The summed E-state index contributed by atoms with van der Waals surface area (Å²) in [6.07, 6.45) is 3.67. The van der Waals surface area contributed by atoms with Gasteiger partial charge in [0.15, 0.2) is 0 Å². The van der Waals surface area contributed by atoms with Crippen LogP contribution in [-0.2, 0) is 26.9 Å². The van der Waals surface area contributed by atoms with Crippen LogP contribution in [0.2, 0.25) is 0 Å². The first-order valence-corrected chi connectivity index (χ1v) is 6.62. The second-order valence-corrected chi connectivity index (χ2v) is 5.30. The van der Waals surface area contributed by atoms with Gasteiger partial charge in [-0.1, -0.05) is 0 Å². The third-order valence-corrected chi connectivity index (χ3v) is 3.57. The summed E-state index contributed by atoms with van der Waals surface area (Å²) in [5.74, 6) is -0.106. The van der Waals surface area contributed by atoms with Gasteiger partial charge in [0.2, 0.25) is 5.91 Å². The van der Waals surface area contributed by atoms with E-state index in [1.54, 1.807) is 15.8 Å². The average molecular weight is 355 g/mol. The number of morpholine rings is 1. The Bertz CT molecular complexity index is 486. The minimum Gasteiger partial charge on any atom is -0.383 e. The standard InChI is InChI=1S/C13H22N4O3.2ClH/c1-13(10-6-15-16(2)7-10)9-17(4-5-20-13)12(18)11(14)8-19-3;;/h6-7,11H,4-5,8-9,14H2,1-3H3;2*1H. The second-order valence-electron chi connectivity index (χ2n) is 5.30. The van der Waals surface area contributed by atoms with Crippen molar-refractivity contribution in [2.45, 2.75) is 18.6 Å². The van der Waals surface area contributed by atoms with Crippen molar-refractivity contribution in [2.24, 2.45) is 12.8 Å². The molecule has 1 saturated heterocycles. The van der Waals surface area contributed by atoms with Gasteiger partial charge in [-0.3, -0.25) is 9.48 Å². The molecule has 1 aliphatic rings. The molecule has 9 heteroatoms. The van der Waals surface area contributed by atoms with E-state index in [0.29, 0.717) is 19.7 Å². The van der Waals surface area contributed by atoms with Crippen molar-refractivity contribution in [2.75, 3.05) is 33.4 Å². The molecule has 1 aromatic heterocycles. The van der Waals surface area contributed by atoms with Crippen molar-refractivity contribution >= 4 is 30.7 Å². The summed E-state index contributed by atoms with van der Waals surface area (Å²) in [6.45, 7) is 3.68. The lowest BCUT2D eigenvalue weighted by Crippen LogP contribution is -2.55. The Morgan fingerprint density at radius 2 is 2.27 bits per heavy atom. The maximum Gasteiger partial charge on any atom is 0.242 e. The first-order valence-electron chi connectivity index (χ1n) is 6.62. The van der Waals surface area contributed by atoms with Gasteiger partial charge < -0.3 is 20.1 Å². The van der Waals surface area contributed by atoms with E-state index < -0.39 is 11.6 Å². The highest BCUT2D eigenvalue weighted by molar-refractivity contribution is 5.85. The van der Waals surface area contributed by atoms with Crippen LogP contribution in [0.1, 0.15) is 12.5 Å². The van der Waals surface area contributed by atoms with Crippen LogP contribution in [0.5, 0.6) is 0 Å². The predicted octanol–water partition coefficient (Wildman–Crippen LogP) is 0.311. The summed E-state index contributed by atoms with van der Waals surface area (Å²) in [5.41, 5.74) is 6.23. The number of hydrogen-bond acceptors (Lipinski definition) is 5. The number of aryl methyl sites for hydroxylation is 1. The number of halogens is 2. The number of nitrogens with two attached hydrogens (primary N) is 1. The predicted molar refractivity (Wildman–Crippen MR) is 87.4 cm³/mol. The summed E-state index contributed by atoms with van der Waals surface area (Å²) in [5, 5.41) is 4.16. The molecule has 128 valence electrons. The Balaban J connectivity index is 0.00000220. The minimum atomic E-state index is -0.628. The fraction of sp³-hybridized carbons (Fsp3) is 0.692. The summed E-state index contributed by atoms with van der Waals surface area (Å²) < 4.78 is 12.5. The zero-order chi connectivity index (χ0) is 14.8. The Morgan fingerprint density at radius 3 is 2.82 bits per heavy atom. The van der Waals surface area contributed by atoms with Crippen molar-refractivity contribution in [1.82, 2.24) is 14.7 Å². The van der Waals surface area contributed by atoms with Crippen molar-refractivity contribution in [1.29, 1.82) is 0 Å². The number of ether oxygens (including phenoxy) is 2. The number of aromatic nitrogens is 2.